The van der Waals surface area contributed by atoms with Gasteiger partial charge in [0.15, 0.2) is 0 Å². The number of amides is 2. The fourth-order valence-corrected chi connectivity index (χ4v) is 6.23. The van der Waals surface area contributed by atoms with Crippen molar-refractivity contribution in [3.8, 4) is 11.1 Å². The Morgan fingerprint density at radius 2 is 1.57 bits per heavy atom. The summed E-state index contributed by atoms with van der Waals surface area (Å²) < 4.78 is 43.2. The molecule has 0 aliphatic carbocycles. The molecular weight excluding hydrogens is 565 g/mol. The van der Waals surface area contributed by atoms with Gasteiger partial charge < -0.3 is 14.4 Å². The first-order valence-electron chi connectivity index (χ1n) is 14.6. The molecule has 0 saturated carbocycles. The van der Waals surface area contributed by atoms with Crippen molar-refractivity contribution in [2.75, 3.05) is 37.6 Å². The number of piperazine rings is 1. The average molecular weight is 599 g/mol. The first-order chi connectivity index (χ1) is 21.2. The predicted octanol–water partition coefficient (Wildman–Crippen LogP) is 6.63. The van der Waals surface area contributed by atoms with Gasteiger partial charge in [0, 0.05) is 49.7 Å². The van der Waals surface area contributed by atoms with E-state index in [0.29, 0.717) is 42.0 Å². The lowest BCUT2D eigenvalue weighted by Crippen LogP contribution is -2.49. The maximum absolute atomic E-state index is 14.1. The molecule has 226 valence electrons. The third-order valence-electron chi connectivity index (χ3n) is 8.51. The van der Waals surface area contributed by atoms with E-state index >= 15 is 0 Å². The molecule has 2 aliphatic rings. The summed E-state index contributed by atoms with van der Waals surface area (Å²) in [6, 6.07) is 21.7. The van der Waals surface area contributed by atoms with Crippen molar-refractivity contribution in [1.82, 2.24) is 14.4 Å². The maximum Gasteiger partial charge on any atom is 0.417 e. The molecule has 0 N–H and O–H groups in total. The number of para-hydroxylation sites is 1. The monoisotopic (exact) mass is 598 g/mol. The minimum absolute atomic E-state index is 0.0305. The molecule has 3 aromatic carbocycles. The number of fused-ring (bicyclic) bond motifs is 2. The van der Waals surface area contributed by atoms with Crippen LogP contribution in [0.1, 0.15) is 43.2 Å². The van der Waals surface area contributed by atoms with Crippen LogP contribution >= 0.6 is 0 Å². The molecule has 3 heterocycles. The number of anilines is 1. The van der Waals surface area contributed by atoms with Crippen molar-refractivity contribution in [3.63, 3.8) is 0 Å². The van der Waals surface area contributed by atoms with Crippen LogP contribution < -0.4 is 4.90 Å². The SMILES string of the molecule is C=CCN1CCN(C(=O)c2ccc3n2Cc2ccccc2N(C(=O)c2ccc(-c4ccccc4C(F)(F)F)c(C)c2)C3)CC1. The molecule has 1 saturated heterocycles. The Morgan fingerprint density at radius 1 is 0.841 bits per heavy atom. The lowest BCUT2D eigenvalue weighted by Gasteiger charge is -2.34. The zero-order chi connectivity index (χ0) is 31.0. The van der Waals surface area contributed by atoms with Crippen LogP contribution in [0.4, 0.5) is 18.9 Å². The van der Waals surface area contributed by atoms with Crippen LogP contribution in [0.3, 0.4) is 0 Å². The minimum atomic E-state index is -4.50. The number of benzene rings is 3. The fourth-order valence-electron chi connectivity index (χ4n) is 6.23. The second kappa shape index (κ2) is 11.8. The summed E-state index contributed by atoms with van der Waals surface area (Å²) in [5.74, 6) is -0.297. The molecule has 0 radical (unpaired) electrons. The van der Waals surface area contributed by atoms with Gasteiger partial charge in [-0.05, 0) is 65.6 Å². The van der Waals surface area contributed by atoms with Gasteiger partial charge in [-0.2, -0.15) is 13.2 Å². The van der Waals surface area contributed by atoms with Gasteiger partial charge in [0.1, 0.15) is 5.69 Å². The van der Waals surface area contributed by atoms with E-state index < -0.39 is 11.7 Å². The second-order valence-corrected chi connectivity index (χ2v) is 11.3. The minimum Gasteiger partial charge on any atom is -0.335 e. The van der Waals surface area contributed by atoms with E-state index in [1.54, 1.807) is 36.1 Å². The van der Waals surface area contributed by atoms with Gasteiger partial charge in [-0.25, -0.2) is 0 Å². The number of alkyl halides is 3. The molecule has 6 nitrogen and oxygen atoms in total. The summed E-state index contributed by atoms with van der Waals surface area (Å²) in [6.45, 7) is 9.85. The summed E-state index contributed by atoms with van der Waals surface area (Å²) in [5, 5.41) is 0. The normalized spacial score (nSPS) is 15.4. The third kappa shape index (κ3) is 5.55. The highest BCUT2D eigenvalue weighted by Gasteiger charge is 2.34. The molecule has 1 fully saturated rings. The molecule has 1 aromatic heterocycles. The van der Waals surface area contributed by atoms with Gasteiger partial charge in [-0.3, -0.25) is 14.5 Å². The highest BCUT2D eigenvalue weighted by atomic mass is 19.4. The molecule has 6 rings (SSSR count). The highest BCUT2D eigenvalue weighted by Crippen LogP contribution is 2.38. The zero-order valence-electron chi connectivity index (χ0n) is 24.5. The molecule has 4 aromatic rings. The van der Waals surface area contributed by atoms with Gasteiger partial charge in [0.25, 0.3) is 11.8 Å². The summed E-state index contributed by atoms with van der Waals surface area (Å²) in [7, 11) is 0. The number of aromatic nitrogens is 1. The van der Waals surface area contributed by atoms with Crippen LogP contribution in [0.5, 0.6) is 0 Å². The Balaban J connectivity index is 1.30. The van der Waals surface area contributed by atoms with Crippen molar-refractivity contribution in [1.29, 1.82) is 0 Å². The zero-order valence-corrected chi connectivity index (χ0v) is 24.5. The Labute approximate surface area is 254 Å². The van der Waals surface area contributed by atoms with Crippen LogP contribution in [0.15, 0.2) is 91.5 Å². The summed E-state index contributed by atoms with van der Waals surface area (Å²) >= 11 is 0. The van der Waals surface area contributed by atoms with Gasteiger partial charge in [-0.1, -0.05) is 48.5 Å². The number of aryl methyl sites for hydroxylation is 1. The predicted molar refractivity (Wildman–Crippen MR) is 165 cm³/mol. The number of nitrogens with zero attached hydrogens (tertiary/aromatic N) is 4. The Kier molecular flexibility index (Phi) is 7.90. The van der Waals surface area contributed by atoms with Crippen molar-refractivity contribution < 1.29 is 22.8 Å². The van der Waals surface area contributed by atoms with Gasteiger partial charge in [-0.15, -0.1) is 6.58 Å². The number of hydrogen-bond donors (Lipinski definition) is 0. The maximum atomic E-state index is 14.1. The largest absolute Gasteiger partial charge is 0.417 e. The molecule has 0 bridgehead atoms. The van der Waals surface area contributed by atoms with Crippen LogP contribution in [0.25, 0.3) is 11.1 Å². The molecule has 9 heteroatoms. The lowest BCUT2D eigenvalue weighted by molar-refractivity contribution is -0.137. The van der Waals surface area contributed by atoms with E-state index in [9.17, 15) is 22.8 Å². The van der Waals surface area contributed by atoms with E-state index in [-0.39, 0.29) is 23.9 Å². The molecule has 0 spiro atoms. The standard InChI is InChI=1S/C35H33F3N4O2/c1-3-16-39-17-19-40(20-18-39)34(44)32-15-13-27-23-42(31-11-7-4-8-26(31)22-41(27)32)33(43)25-12-14-28(24(2)21-25)29-9-5-6-10-30(29)35(36,37)38/h3-15,21H,1,16-20,22-23H2,2H3. The molecule has 0 atom stereocenters. The number of carbonyl (C=O) groups is 2. The van der Waals surface area contributed by atoms with E-state index in [0.717, 1.165) is 42.6 Å². The van der Waals surface area contributed by atoms with Gasteiger partial charge in [0.2, 0.25) is 0 Å². The molecule has 0 unspecified atom stereocenters. The lowest BCUT2D eigenvalue weighted by atomic mass is 9.94. The number of hydrogen-bond acceptors (Lipinski definition) is 3. The Hall–Kier alpha value is -4.63. The Morgan fingerprint density at radius 3 is 2.30 bits per heavy atom. The molecule has 2 amide bonds. The van der Waals surface area contributed by atoms with Crippen LogP contribution in [0, 0.1) is 6.92 Å². The first-order valence-corrected chi connectivity index (χ1v) is 14.6. The van der Waals surface area contributed by atoms with E-state index in [1.165, 1.54) is 12.1 Å². The van der Waals surface area contributed by atoms with Crippen LogP contribution in [0.2, 0.25) is 0 Å². The van der Waals surface area contributed by atoms with Gasteiger partial charge >= 0.3 is 6.18 Å². The average Bonchev–Trinajstić information content (AvgIpc) is 3.33. The number of rotatable bonds is 5. The van der Waals surface area contributed by atoms with E-state index in [2.05, 4.69) is 11.5 Å². The fraction of sp³-hybridized carbons (Fsp3) is 0.257. The van der Waals surface area contributed by atoms with Crippen molar-refractivity contribution >= 4 is 17.5 Å². The highest BCUT2D eigenvalue weighted by molar-refractivity contribution is 6.07. The summed E-state index contributed by atoms with van der Waals surface area (Å²) in [5.41, 5.74) is 3.78. The van der Waals surface area contributed by atoms with Crippen molar-refractivity contribution in [3.05, 3.63) is 125 Å². The quantitative estimate of drug-likeness (QED) is 0.242. The first kappa shape index (κ1) is 29.4. The van der Waals surface area contributed by atoms with Crippen LogP contribution in [-0.2, 0) is 19.3 Å². The van der Waals surface area contributed by atoms with E-state index in [1.807, 2.05) is 51.9 Å². The van der Waals surface area contributed by atoms with Gasteiger partial charge in [0.05, 0.1) is 18.7 Å². The van der Waals surface area contributed by atoms with Crippen LogP contribution in [-0.4, -0.2) is 58.9 Å². The molecular formula is C35H33F3N4O2. The third-order valence-corrected chi connectivity index (χ3v) is 8.51. The molecule has 44 heavy (non-hydrogen) atoms. The smallest absolute Gasteiger partial charge is 0.335 e. The summed E-state index contributed by atoms with van der Waals surface area (Å²) in [6.07, 6.45) is -2.63. The number of carbonyl (C=O) groups excluding carboxylic acids is 2. The molecule has 2 aliphatic heterocycles. The van der Waals surface area contributed by atoms with Crippen molar-refractivity contribution in [2.24, 2.45) is 0 Å². The van der Waals surface area contributed by atoms with E-state index in [4.69, 9.17) is 0 Å². The Bertz CT molecular complexity index is 1730. The second-order valence-electron chi connectivity index (χ2n) is 11.3. The summed E-state index contributed by atoms with van der Waals surface area (Å²) in [4.78, 5) is 33.5. The number of halogens is 3. The topological polar surface area (TPSA) is 48.8 Å². The van der Waals surface area contributed by atoms with Crippen molar-refractivity contribution in [2.45, 2.75) is 26.2 Å².